The minimum Gasteiger partial charge on any atom is -0.375 e. The van der Waals surface area contributed by atoms with Crippen LogP contribution in [0.3, 0.4) is 0 Å². The monoisotopic (exact) mass is 376 g/mol. The summed E-state index contributed by atoms with van der Waals surface area (Å²) in [6, 6.07) is 0.301. The molecule has 0 amide bonds. The zero-order valence-electron chi connectivity index (χ0n) is 16.6. The maximum Gasteiger partial charge on any atom is 0.162 e. The lowest BCUT2D eigenvalue weighted by Crippen LogP contribution is -2.44. The number of alkyl halides is 1. The predicted molar refractivity (Wildman–Crippen MR) is 105 cm³/mol. The molecular weight excluding hydrogens is 343 g/mol. The molecular formula is C22H33FN2O2. The number of carbonyl (C=O) groups is 2. The molecule has 1 heterocycles. The molecule has 3 aliphatic rings. The molecule has 27 heavy (non-hydrogen) atoms. The van der Waals surface area contributed by atoms with Crippen LogP contribution < -0.4 is 5.32 Å². The second-order valence-corrected chi connectivity index (χ2v) is 8.26. The lowest BCUT2D eigenvalue weighted by Gasteiger charge is -2.40. The molecule has 0 aromatic carbocycles. The van der Waals surface area contributed by atoms with Gasteiger partial charge in [-0.25, -0.2) is 4.39 Å². The number of likely N-dealkylation sites (tertiary alicyclic amines) is 1. The van der Waals surface area contributed by atoms with Crippen molar-refractivity contribution in [2.75, 3.05) is 13.1 Å². The van der Waals surface area contributed by atoms with Crippen LogP contribution in [0.5, 0.6) is 0 Å². The molecule has 3 atom stereocenters. The number of nitrogens with zero attached hydrogens (tertiary/aromatic N) is 1. The Balaban J connectivity index is 1.52. The van der Waals surface area contributed by atoms with Crippen molar-refractivity contribution in [3.63, 3.8) is 0 Å². The Bertz CT molecular complexity index is 603. The Hall–Kier alpha value is -1.49. The summed E-state index contributed by atoms with van der Waals surface area (Å²) in [6.07, 6.45) is 9.93. The minimum atomic E-state index is -1.01. The molecule has 3 unspecified atom stereocenters. The van der Waals surface area contributed by atoms with Gasteiger partial charge in [0, 0.05) is 24.1 Å². The molecule has 4 nitrogen and oxygen atoms in total. The van der Waals surface area contributed by atoms with E-state index < -0.39 is 6.17 Å². The number of carbonyl (C=O) groups excluding carboxylic acids is 2. The van der Waals surface area contributed by atoms with Gasteiger partial charge in [-0.2, -0.15) is 0 Å². The fourth-order valence-corrected chi connectivity index (χ4v) is 4.87. The Morgan fingerprint density at radius 1 is 1.19 bits per heavy atom. The first-order valence-electron chi connectivity index (χ1n) is 10.6. The van der Waals surface area contributed by atoms with Gasteiger partial charge in [-0.05, 0) is 63.3 Å². The fourth-order valence-electron chi connectivity index (χ4n) is 4.87. The molecule has 1 N–H and O–H groups in total. The highest BCUT2D eigenvalue weighted by Crippen LogP contribution is 2.34. The highest BCUT2D eigenvalue weighted by atomic mass is 19.1. The normalized spacial score (nSPS) is 30.7. The van der Waals surface area contributed by atoms with E-state index in [4.69, 9.17) is 0 Å². The van der Waals surface area contributed by atoms with E-state index in [0.29, 0.717) is 30.5 Å². The highest BCUT2D eigenvalue weighted by molar-refractivity contribution is 6.04. The van der Waals surface area contributed by atoms with E-state index in [1.54, 1.807) is 6.08 Å². The maximum atomic E-state index is 14.9. The van der Waals surface area contributed by atoms with Crippen molar-refractivity contribution in [3.05, 3.63) is 23.9 Å². The van der Waals surface area contributed by atoms with Crippen molar-refractivity contribution >= 4 is 11.6 Å². The van der Waals surface area contributed by atoms with Crippen LogP contribution in [0.25, 0.3) is 0 Å². The predicted octanol–water partition coefficient (Wildman–Crippen LogP) is 3.58. The summed E-state index contributed by atoms with van der Waals surface area (Å²) < 4.78 is 14.9. The summed E-state index contributed by atoms with van der Waals surface area (Å²) in [5, 5.41) is 3.14. The number of halogens is 1. The first kappa shape index (κ1) is 20.2. The van der Waals surface area contributed by atoms with Gasteiger partial charge in [0.1, 0.15) is 12.0 Å². The van der Waals surface area contributed by atoms with Crippen molar-refractivity contribution in [2.45, 2.75) is 77.0 Å². The molecule has 0 bridgehead atoms. The Morgan fingerprint density at radius 2 is 1.89 bits per heavy atom. The van der Waals surface area contributed by atoms with E-state index >= 15 is 0 Å². The Labute approximate surface area is 162 Å². The van der Waals surface area contributed by atoms with Gasteiger partial charge in [-0.1, -0.05) is 19.9 Å². The quantitative estimate of drug-likeness (QED) is 0.720. The fraction of sp³-hybridized carbons (Fsp3) is 0.727. The third-order valence-electron chi connectivity index (χ3n) is 6.59. The molecule has 1 saturated heterocycles. The summed E-state index contributed by atoms with van der Waals surface area (Å²) in [4.78, 5) is 25.9. The average Bonchev–Trinajstić information content (AvgIpc) is 2.66. The molecule has 1 saturated carbocycles. The highest BCUT2D eigenvalue weighted by Gasteiger charge is 2.33. The second kappa shape index (κ2) is 9.13. The number of rotatable bonds is 6. The minimum absolute atomic E-state index is 0.00538. The number of nitrogens with one attached hydrogen (secondary N) is 1. The molecule has 2 fully saturated rings. The van der Waals surface area contributed by atoms with E-state index in [2.05, 4.69) is 24.1 Å². The van der Waals surface area contributed by atoms with Crippen LogP contribution in [0.15, 0.2) is 23.9 Å². The van der Waals surface area contributed by atoms with Gasteiger partial charge in [-0.3, -0.25) is 9.59 Å². The van der Waals surface area contributed by atoms with E-state index in [-0.39, 0.29) is 29.9 Å². The van der Waals surface area contributed by atoms with Gasteiger partial charge < -0.3 is 10.2 Å². The van der Waals surface area contributed by atoms with Gasteiger partial charge >= 0.3 is 0 Å². The maximum absolute atomic E-state index is 14.9. The summed E-state index contributed by atoms with van der Waals surface area (Å²) in [7, 11) is 0. The van der Waals surface area contributed by atoms with E-state index in [1.807, 2.05) is 12.2 Å². The van der Waals surface area contributed by atoms with E-state index in [0.717, 1.165) is 25.9 Å². The van der Waals surface area contributed by atoms with Crippen LogP contribution >= 0.6 is 0 Å². The largest absolute Gasteiger partial charge is 0.375 e. The zero-order chi connectivity index (χ0) is 19.4. The smallest absolute Gasteiger partial charge is 0.162 e. The van der Waals surface area contributed by atoms with Crippen LogP contribution in [-0.2, 0) is 9.59 Å². The van der Waals surface area contributed by atoms with Gasteiger partial charge in [-0.15, -0.1) is 0 Å². The number of Topliss-reactive ketones (excluding diaryl/α,β-unsaturated/α-hetero) is 2. The molecule has 150 valence electrons. The van der Waals surface area contributed by atoms with Crippen molar-refractivity contribution in [3.8, 4) is 0 Å². The average molecular weight is 377 g/mol. The molecule has 2 aliphatic carbocycles. The van der Waals surface area contributed by atoms with Crippen LogP contribution in [0.1, 0.15) is 58.8 Å². The van der Waals surface area contributed by atoms with E-state index in [1.165, 1.54) is 12.8 Å². The summed E-state index contributed by atoms with van der Waals surface area (Å²) in [5.41, 5.74) is 0.681. The Kier molecular flexibility index (Phi) is 6.85. The van der Waals surface area contributed by atoms with Crippen molar-refractivity contribution in [2.24, 2.45) is 11.8 Å². The van der Waals surface area contributed by atoms with Gasteiger partial charge in [0.15, 0.2) is 5.78 Å². The van der Waals surface area contributed by atoms with Crippen molar-refractivity contribution < 1.29 is 14.0 Å². The topological polar surface area (TPSA) is 49.4 Å². The number of hydrogen-bond acceptors (Lipinski definition) is 4. The summed E-state index contributed by atoms with van der Waals surface area (Å²) in [5.74, 6) is 0.248. The van der Waals surface area contributed by atoms with Crippen LogP contribution in [-0.4, -0.2) is 47.8 Å². The van der Waals surface area contributed by atoms with E-state index in [9.17, 15) is 14.0 Å². The first-order chi connectivity index (χ1) is 13.0. The van der Waals surface area contributed by atoms with Gasteiger partial charge in [0.05, 0.1) is 12.5 Å². The molecule has 0 aromatic rings. The summed E-state index contributed by atoms with van der Waals surface area (Å²) in [6.45, 7) is 6.61. The number of allylic oxidation sites excluding steroid dienone is 3. The molecule has 5 heteroatoms. The van der Waals surface area contributed by atoms with Gasteiger partial charge in [0.25, 0.3) is 0 Å². The SMILES string of the molecule is CCC(CC)N1CCC(C2C=CC(NC3CCC(=O)CC3=O)=CC2F)CC1. The van der Waals surface area contributed by atoms with Crippen LogP contribution in [0.2, 0.25) is 0 Å². The lowest BCUT2D eigenvalue weighted by atomic mass is 9.79. The summed E-state index contributed by atoms with van der Waals surface area (Å²) >= 11 is 0. The van der Waals surface area contributed by atoms with Crippen LogP contribution in [0, 0.1) is 11.8 Å². The first-order valence-corrected chi connectivity index (χ1v) is 10.6. The lowest BCUT2D eigenvalue weighted by molar-refractivity contribution is -0.130. The number of piperidine rings is 1. The number of hydrogen-bond donors (Lipinski definition) is 1. The second-order valence-electron chi connectivity index (χ2n) is 8.26. The molecule has 0 spiro atoms. The zero-order valence-corrected chi connectivity index (χ0v) is 16.6. The molecule has 3 rings (SSSR count). The third-order valence-corrected chi connectivity index (χ3v) is 6.59. The molecule has 1 aliphatic heterocycles. The van der Waals surface area contributed by atoms with Crippen LogP contribution in [0.4, 0.5) is 4.39 Å². The van der Waals surface area contributed by atoms with Crippen molar-refractivity contribution in [1.29, 1.82) is 0 Å². The Morgan fingerprint density at radius 3 is 2.48 bits per heavy atom. The molecule has 0 aromatic heterocycles. The third kappa shape index (κ3) is 4.87. The van der Waals surface area contributed by atoms with Crippen molar-refractivity contribution in [1.82, 2.24) is 10.2 Å². The number of ketones is 2. The molecule has 0 radical (unpaired) electrons. The van der Waals surface area contributed by atoms with Gasteiger partial charge in [0.2, 0.25) is 0 Å². The standard InChI is InChI=1S/C22H33FN2O2/c1-3-17(4-2)25-11-9-15(10-12-25)19-7-5-16(13-20(19)23)24-21-8-6-18(26)14-22(21)27/h5,7,13,15,17,19-21,24H,3-4,6,8-12,14H2,1-2H3.